The first-order valence-electron chi connectivity index (χ1n) is 4.54. The van der Waals surface area contributed by atoms with Gasteiger partial charge >= 0.3 is 0 Å². The first kappa shape index (κ1) is 10.6. The molecule has 1 aromatic heterocycles. The maximum Gasteiger partial charge on any atom is 0.107 e. The lowest BCUT2D eigenvalue weighted by atomic mass is 10.4. The Balaban J connectivity index is 2.14. The molecule has 0 aromatic carbocycles. The number of rotatable bonds is 6. The molecule has 0 bridgehead atoms. The molecule has 1 heterocycles. The first-order chi connectivity index (χ1) is 6.33. The smallest absolute Gasteiger partial charge is 0.107 e. The predicted molar refractivity (Wildman–Crippen MR) is 57.0 cm³/mol. The van der Waals surface area contributed by atoms with Gasteiger partial charge in [-0.05, 0) is 33.6 Å². The lowest BCUT2D eigenvalue weighted by Crippen LogP contribution is -2.22. The molecular formula is C9H17N3S. The van der Waals surface area contributed by atoms with E-state index in [-0.39, 0.29) is 0 Å². The van der Waals surface area contributed by atoms with Gasteiger partial charge in [-0.25, -0.2) is 4.98 Å². The van der Waals surface area contributed by atoms with Gasteiger partial charge in [-0.3, -0.25) is 4.90 Å². The van der Waals surface area contributed by atoms with Crippen LogP contribution in [0.1, 0.15) is 11.4 Å². The molecule has 0 amide bonds. The third-order valence-electron chi connectivity index (χ3n) is 1.86. The topological polar surface area (TPSA) is 28.2 Å². The number of hydrogen-bond acceptors (Lipinski definition) is 4. The minimum absolute atomic E-state index is 0.974. The van der Waals surface area contributed by atoms with Crippen LogP contribution in [0.5, 0.6) is 0 Å². The van der Waals surface area contributed by atoms with E-state index in [1.807, 2.05) is 18.6 Å². The van der Waals surface area contributed by atoms with Crippen molar-refractivity contribution in [1.82, 2.24) is 15.2 Å². The quantitative estimate of drug-likeness (QED) is 0.697. The summed E-state index contributed by atoms with van der Waals surface area (Å²) in [6.07, 6.45) is 3.06. The monoisotopic (exact) mass is 199 g/mol. The van der Waals surface area contributed by atoms with Crippen molar-refractivity contribution >= 4 is 11.3 Å². The molecule has 1 rings (SSSR count). The average molecular weight is 199 g/mol. The van der Waals surface area contributed by atoms with Crippen LogP contribution in [-0.2, 0) is 6.54 Å². The minimum atomic E-state index is 0.974. The summed E-state index contributed by atoms with van der Waals surface area (Å²) in [5.41, 5.74) is 0. The maximum absolute atomic E-state index is 4.25. The van der Waals surface area contributed by atoms with E-state index in [0.29, 0.717) is 0 Å². The van der Waals surface area contributed by atoms with Gasteiger partial charge in [-0.1, -0.05) is 0 Å². The second kappa shape index (κ2) is 6.07. The largest absolute Gasteiger partial charge is 0.320 e. The molecule has 0 radical (unpaired) electrons. The van der Waals surface area contributed by atoms with E-state index < -0.39 is 0 Å². The zero-order valence-corrected chi connectivity index (χ0v) is 9.10. The summed E-state index contributed by atoms with van der Waals surface area (Å²) in [4.78, 5) is 6.55. The average Bonchev–Trinajstić information content (AvgIpc) is 2.57. The summed E-state index contributed by atoms with van der Waals surface area (Å²) in [6.45, 7) is 3.18. The molecule has 0 aliphatic heterocycles. The van der Waals surface area contributed by atoms with Crippen LogP contribution in [0.2, 0.25) is 0 Å². The highest BCUT2D eigenvalue weighted by molar-refractivity contribution is 7.09. The normalized spacial score (nSPS) is 11.0. The summed E-state index contributed by atoms with van der Waals surface area (Å²) >= 11 is 1.72. The Hall–Kier alpha value is -0.450. The Morgan fingerprint density at radius 2 is 2.46 bits per heavy atom. The highest BCUT2D eigenvalue weighted by atomic mass is 32.1. The third-order valence-corrected chi connectivity index (χ3v) is 2.62. The van der Waals surface area contributed by atoms with Gasteiger partial charge in [-0.2, -0.15) is 0 Å². The van der Waals surface area contributed by atoms with Gasteiger partial charge in [0.15, 0.2) is 0 Å². The second-order valence-electron chi connectivity index (χ2n) is 3.12. The van der Waals surface area contributed by atoms with Gasteiger partial charge in [0.05, 0.1) is 6.54 Å². The summed E-state index contributed by atoms with van der Waals surface area (Å²) in [7, 11) is 4.12. The molecule has 0 spiro atoms. The fraction of sp³-hybridized carbons (Fsp3) is 0.667. The Morgan fingerprint density at radius 3 is 3.08 bits per heavy atom. The van der Waals surface area contributed by atoms with Crippen molar-refractivity contribution in [1.29, 1.82) is 0 Å². The summed E-state index contributed by atoms with van der Waals surface area (Å²) in [6, 6.07) is 0. The van der Waals surface area contributed by atoms with Crippen molar-refractivity contribution < 1.29 is 0 Å². The fourth-order valence-electron chi connectivity index (χ4n) is 1.17. The van der Waals surface area contributed by atoms with E-state index >= 15 is 0 Å². The Bertz CT molecular complexity index is 211. The van der Waals surface area contributed by atoms with Crippen molar-refractivity contribution in [3.63, 3.8) is 0 Å². The molecule has 0 saturated carbocycles. The molecule has 74 valence electrons. The number of aromatic nitrogens is 1. The van der Waals surface area contributed by atoms with E-state index in [1.165, 1.54) is 11.4 Å². The number of nitrogens with zero attached hydrogens (tertiary/aromatic N) is 2. The van der Waals surface area contributed by atoms with Crippen molar-refractivity contribution in [3.05, 3.63) is 16.6 Å². The molecule has 0 aliphatic rings. The van der Waals surface area contributed by atoms with Crippen LogP contribution in [0.4, 0.5) is 0 Å². The molecular weight excluding hydrogens is 182 g/mol. The van der Waals surface area contributed by atoms with Gasteiger partial charge in [0.25, 0.3) is 0 Å². The Labute approximate surface area is 83.8 Å². The lowest BCUT2D eigenvalue weighted by molar-refractivity contribution is 0.320. The standard InChI is InChI=1S/C9H17N3S/c1-10-4-3-6-12(2)8-9-11-5-7-13-9/h5,7,10H,3-4,6,8H2,1-2H3. The van der Waals surface area contributed by atoms with Crippen molar-refractivity contribution in [2.45, 2.75) is 13.0 Å². The van der Waals surface area contributed by atoms with E-state index in [4.69, 9.17) is 0 Å². The lowest BCUT2D eigenvalue weighted by Gasteiger charge is -2.14. The second-order valence-corrected chi connectivity index (χ2v) is 4.10. The van der Waals surface area contributed by atoms with Gasteiger partial charge in [0.2, 0.25) is 0 Å². The third kappa shape index (κ3) is 4.36. The van der Waals surface area contributed by atoms with Crippen LogP contribution in [0.3, 0.4) is 0 Å². The number of thiazole rings is 1. The number of nitrogens with one attached hydrogen (secondary N) is 1. The first-order valence-corrected chi connectivity index (χ1v) is 5.42. The van der Waals surface area contributed by atoms with Crippen LogP contribution in [0.25, 0.3) is 0 Å². The highest BCUT2D eigenvalue weighted by Crippen LogP contribution is 2.06. The molecule has 0 fully saturated rings. The molecule has 0 atom stereocenters. The summed E-state index contributed by atoms with van der Waals surface area (Å²) in [5, 5.41) is 6.37. The van der Waals surface area contributed by atoms with Crippen LogP contribution >= 0.6 is 11.3 Å². The van der Waals surface area contributed by atoms with Crippen molar-refractivity contribution in [3.8, 4) is 0 Å². The minimum Gasteiger partial charge on any atom is -0.320 e. The van der Waals surface area contributed by atoms with E-state index in [1.54, 1.807) is 11.3 Å². The molecule has 0 aliphatic carbocycles. The Kier molecular flexibility index (Phi) is 4.97. The molecule has 1 N–H and O–H groups in total. The molecule has 1 aromatic rings. The predicted octanol–water partition coefficient (Wildman–Crippen LogP) is 1.18. The summed E-state index contributed by atoms with van der Waals surface area (Å²) in [5.74, 6) is 0. The molecule has 13 heavy (non-hydrogen) atoms. The molecule has 0 unspecified atom stereocenters. The molecule has 3 nitrogen and oxygen atoms in total. The maximum atomic E-state index is 4.25. The van der Waals surface area contributed by atoms with Gasteiger partial charge in [0, 0.05) is 11.6 Å². The van der Waals surface area contributed by atoms with Crippen LogP contribution in [-0.4, -0.2) is 37.1 Å². The zero-order chi connectivity index (χ0) is 9.52. The molecule has 0 saturated heterocycles. The summed E-state index contributed by atoms with van der Waals surface area (Å²) < 4.78 is 0. The van der Waals surface area contributed by atoms with Crippen LogP contribution < -0.4 is 5.32 Å². The van der Waals surface area contributed by atoms with Gasteiger partial charge in [-0.15, -0.1) is 11.3 Å². The van der Waals surface area contributed by atoms with E-state index in [9.17, 15) is 0 Å². The zero-order valence-electron chi connectivity index (χ0n) is 8.29. The SMILES string of the molecule is CNCCCN(C)Cc1nccs1. The van der Waals surface area contributed by atoms with Crippen LogP contribution in [0, 0.1) is 0 Å². The Morgan fingerprint density at radius 1 is 1.62 bits per heavy atom. The van der Waals surface area contributed by atoms with Crippen molar-refractivity contribution in [2.75, 3.05) is 27.2 Å². The fourth-order valence-corrected chi connectivity index (χ4v) is 1.86. The van der Waals surface area contributed by atoms with Gasteiger partial charge in [0.1, 0.15) is 5.01 Å². The van der Waals surface area contributed by atoms with Crippen molar-refractivity contribution in [2.24, 2.45) is 0 Å². The van der Waals surface area contributed by atoms with Gasteiger partial charge < -0.3 is 5.32 Å². The number of hydrogen-bond donors (Lipinski definition) is 1. The van der Waals surface area contributed by atoms with Crippen LogP contribution in [0.15, 0.2) is 11.6 Å². The van der Waals surface area contributed by atoms with E-state index in [0.717, 1.165) is 19.6 Å². The highest BCUT2D eigenvalue weighted by Gasteiger charge is 2.00. The molecule has 4 heteroatoms. The van der Waals surface area contributed by atoms with E-state index in [2.05, 4.69) is 22.2 Å².